The van der Waals surface area contributed by atoms with Gasteiger partial charge in [0.1, 0.15) is 5.75 Å². The summed E-state index contributed by atoms with van der Waals surface area (Å²) in [5, 5.41) is 9.29. The molecule has 0 radical (unpaired) electrons. The first-order chi connectivity index (χ1) is 8.68. The largest absolute Gasteiger partial charge is 0.497 e. The minimum Gasteiger partial charge on any atom is -0.497 e. The molecule has 1 atom stereocenters. The molecule has 5 nitrogen and oxygen atoms in total. The first-order valence-corrected chi connectivity index (χ1v) is 7.68. The van der Waals surface area contributed by atoms with Gasteiger partial charge in [-0.1, -0.05) is 19.9 Å². The molecule has 6 heteroatoms. The molecule has 0 spiro atoms. The van der Waals surface area contributed by atoms with E-state index in [2.05, 4.69) is 0 Å². The van der Waals surface area contributed by atoms with Gasteiger partial charge in [-0.15, -0.1) is 0 Å². The molecule has 1 aromatic carbocycles. The van der Waals surface area contributed by atoms with Gasteiger partial charge in [0.15, 0.2) is 9.84 Å². The van der Waals surface area contributed by atoms with Crippen LogP contribution in [0.4, 0.5) is 0 Å². The van der Waals surface area contributed by atoms with E-state index in [0.29, 0.717) is 11.3 Å². The van der Waals surface area contributed by atoms with Crippen molar-refractivity contribution < 1.29 is 23.1 Å². The monoisotopic (exact) mass is 286 g/mol. The highest BCUT2D eigenvalue weighted by atomic mass is 32.2. The number of hydrogen-bond acceptors (Lipinski definition) is 4. The average Bonchev–Trinajstić information content (AvgIpc) is 2.27. The number of carbonyl (C=O) groups is 1. The Morgan fingerprint density at radius 3 is 2.26 bits per heavy atom. The van der Waals surface area contributed by atoms with Crippen LogP contribution >= 0.6 is 0 Å². The lowest BCUT2D eigenvalue weighted by Crippen LogP contribution is -2.20. The van der Waals surface area contributed by atoms with Gasteiger partial charge < -0.3 is 9.84 Å². The fourth-order valence-corrected chi connectivity index (χ4v) is 2.95. The Morgan fingerprint density at radius 2 is 1.89 bits per heavy atom. The Morgan fingerprint density at radius 1 is 1.32 bits per heavy atom. The van der Waals surface area contributed by atoms with E-state index in [0.717, 1.165) is 6.26 Å². The zero-order valence-corrected chi connectivity index (χ0v) is 12.2. The van der Waals surface area contributed by atoms with E-state index in [1.165, 1.54) is 19.2 Å². The van der Waals surface area contributed by atoms with Crippen molar-refractivity contribution in [1.82, 2.24) is 0 Å². The standard InChI is InChI=1S/C13H18O5S/c1-8(2)12(13(14)15)10-6-5-9(18-3)7-11(10)19(4,16)17/h5-8,12H,1-4H3,(H,14,15). The van der Waals surface area contributed by atoms with Crippen LogP contribution in [0.3, 0.4) is 0 Å². The molecule has 0 aromatic heterocycles. The summed E-state index contributed by atoms with van der Waals surface area (Å²) < 4.78 is 28.6. The first kappa shape index (κ1) is 15.5. The van der Waals surface area contributed by atoms with E-state index in [1.54, 1.807) is 19.9 Å². The number of sulfone groups is 1. The molecule has 1 N–H and O–H groups in total. The molecule has 0 aliphatic rings. The molecule has 0 heterocycles. The molecule has 0 aliphatic carbocycles. The lowest BCUT2D eigenvalue weighted by Gasteiger charge is -2.20. The summed E-state index contributed by atoms with van der Waals surface area (Å²) in [6.07, 6.45) is 1.06. The van der Waals surface area contributed by atoms with Gasteiger partial charge in [0.2, 0.25) is 0 Å². The lowest BCUT2D eigenvalue weighted by atomic mass is 9.88. The Labute approximate surface area is 113 Å². The average molecular weight is 286 g/mol. The number of aliphatic carboxylic acids is 1. The summed E-state index contributed by atoms with van der Waals surface area (Å²) >= 11 is 0. The van der Waals surface area contributed by atoms with Crippen LogP contribution in [-0.2, 0) is 14.6 Å². The van der Waals surface area contributed by atoms with Crippen LogP contribution in [0, 0.1) is 5.92 Å². The number of benzene rings is 1. The maximum absolute atomic E-state index is 11.8. The summed E-state index contributed by atoms with van der Waals surface area (Å²) in [6, 6.07) is 4.44. The predicted octanol–water partition coefficient (Wildman–Crippen LogP) is 1.92. The summed E-state index contributed by atoms with van der Waals surface area (Å²) in [7, 11) is -2.09. The van der Waals surface area contributed by atoms with Crippen LogP contribution in [0.2, 0.25) is 0 Å². The van der Waals surface area contributed by atoms with E-state index in [4.69, 9.17) is 4.74 Å². The molecule has 1 unspecified atom stereocenters. The van der Waals surface area contributed by atoms with Crippen LogP contribution < -0.4 is 4.74 Å². The van der Waals surface area contributed by atoms with Gasteiger partial charge >= 0.3 is 5.97 Å². The van der Waals surface area contributed by atoms with E-state index in [1.807, 2.05) is 0 Å². The topological polar surface area (TPSA) is 80.7 Å². The second-order valence-electron chi connectivity index (χ2n) is 4.74. The van der Waals surface area contributed by atoms with Crippen molar-refractivity contribution in [3.63, 3.8) is 0 Å². The van der Waals surface area contributed by atoms with Crippen molar-refractivity contribution in [3.8, 4) is 5.75 Å². The van der Waals surface area contributed by atoms with Gasteiger partial charge in [-0.2, -0.15) is 0 Å². The minimum absolute atomic E-state index is 0.00736. The molecule has 0 saturated carbocycles. The fraction of sp³-hybridized carbons (Fsp3) is 0.462. The zero-order chi connectivity index (χ0) is 14.8. The molecule has 0 bridgehead atoms. The molecule has 0 amide bonds. The number of methoxy groups -OCH3 is 1. The molecular formula is C13H18O5S. The minimum atomic E-state index is -3.52. The number of carboxylic acid groups (broad SMARTS) is 1. The Bertz CT molecular complexity index is 575. The third kappa shape index (κ3) is 3.47. The number of hydrogen-bond donors (Lipinski definition) is 1. The zero-order valence-electron chi connectivity index (χ0n) is 11.4. The Kier molecular flexibility index (Phi) is 4.57. The van der Waals surface area contributed by atoms with Gasteiger partial charge in [-0.3, -0.25) is 4.79 Å². The van der Waals surface area contributed by atoms with Crippen molar-refractivity contribution >= 4 is 15.8 Å². The molecule has 1 aromatic rings. The van der Waals surface area contributed by atoms with Gasteiger partial charge in [0, 0.05) is 6.26 Å². The van der Waals surface area contributed by atoms with Crippen molar-refractivity contribution in [2.75, 3.05) is 13.4 Å². The Hall–Kier alpha value is -1.56. The van der Waals surface area contributed by atoms with Crippen LogP contribution in [-0.4, -0.2) is 32.9 Å². The second kappa shape index (κ2) is 5.61. The highest BCUT2D eigenvalue weighted by Crippen LogP contribution is 2.32. The van der Waals surface area contributed by atoms with Crippen molar-refractivity contribution in [3.05, 3.63) is 23.8 Å². The SMILES string of the molecule is COc1ccc(C(C(=O)O)C(C)C)c(S(C)(=O)=O)c1. The molecule has 0 saturated heterocycles. The second-order valence-corrected chi connectivity index (χ2v) is 6.72. The molecular weight excluding hydrogens is 268 g/mol. The third-order valence-electron chi connectivity index (χ3n) is 2.89. The lowest BCUT2D eigenvalue weighted by molar-refractivity contribution is -0.139. The van der Waals surface area contributed by atoms with Gasteiger partial charge in [-0.25, -0.2) is 8.42 Å². The van der Waals surface area contributed by atoms with Crippen molar-refractivity contribution in [2.45, 2.75) is 24.7 Å². The molecule has 106 valence electrons. The maximum atomic E-state index is 11.8. The summed E-state index contributed by atoms with van der Waals surface area (Å²) in [5.74, 6) is -1.73. The summed E-state index contributed by atoms with van der Waals surface area (Å²) in [6.45, 7) is 3.49. The van der Waals surface area contributed by atoms with Crippen LogP contribution in [0.1, 0.15) is 25.3 Å². The maximum Gasteiger partial charge on any atom is 0.311 e. The molecule has 1 rings (SSSR count). The van der Waals surface area contributed by atoms with E-state index >= 15 is 0 Å². The van der Waals surface area contributed by atoms with E-state index < -0.39 is 21.7 Å². The highest BCUT2D eigenvalue weighted by Gasteiger charge is 2.29. The molecule has 0 aliphatic heterocycles. The van der Waals surface area contributed by atoms with Crippen molar-refractivity contribution in [1.29, 1.82) is 0 Å². The Balaban J connectivity index is 3.54. The quantitative estimate of drug-likeness (QED) is 0.894. The summed E-state index contributed by atoms with van der Waals surface area (Å²) in [4.78, 5) is 11.4. The molecule has 19 heavy (non-hydrogen) atoms. The number of rotatable bonds is 5. The first-order valence-electron chi connectivity index (χ1n) is 5.79. The van der Waals surface area contributed by atoms with Gasteiger partial charge in [-0.05, 0) is 23.6 Å². The van der Waals surface area contributed by atoms with Crippen LogP contribution in [0.5, 0.6) is 5.75 Å². The third-order valence-corrected chi connectivity index (χ3v) is 4.04. The fourth-order valence-electron chi connectivity index (χ4n) is 2.00. The van der Waals surface area contributed by atoms with Gasteiger partial charge in [0.25, 0.3) is 0 Å². The smallest absolute Gasteiger partial charge is 0.311 e. The normalized spacial score (nSPS) is 13.3. The van der Waals surface area contributed by atoms with E-state index in [9.17, 15) is 18.3 Å². The number of ether oxygens (including phenoxy) is 1. The van der Waals surface area contributed by atoms with Crippen LogP contribution in [0.25, 0.3) is 0 Å². The highest BCUT2D eigenvalue weighted by molar-refractivity contribution is 7.90. The van der Waals surface area contributed by atoms with Gasteiger partial charge in [0.05, 0.1) is 17.9 Å². The van der Waals surface area contributed by atoms with Crippen LogP contribution in [0.15, 0.2) is 23.1 Å². The number of carboxylic acids is 1. The summed E-state index contributed by atoms with van der Waals surface area (Å²) in [5.41, 5.74) is 0.297. The molecule has 0 fully saturated rings. The van der Waals surface area contributed by atoms with E-state index in [-0.39, 0.29) is 10.8 Å². The predicted molar refractivity (Wildman–Crippen MR) is 71.3 cm³/mol. The van der Waals surface area contributed by atoms with Crippen molar-refractivity contribution in [2.24, 2.45) is 5.92 Å².